The van der Waals surface area contributed by atoms with E-state index < -0.39 is 0 Å². The van der Waals surface area contributed by atoms with E-state index in [1.54, 1.807) is 11.3 Å². The topological polar surface area (TPSA) is 37.0 Å². The maximum Gasteiger partial charge on any atom is 0.187 e. The molecule has 1 aromatic carbocycles. The highest BCUT2D eigenvalue weighted by atomic mass is 127. The van der Waals surface area contributed by atoms with E-state index in [1.165, 1.54) is 3.57 Å². The summed E-state index contributed by atoms with van der Waals surface area (Å²) in [7, 11) is 1.92. The fourth-order valence-corrected chi connectivity index (χ4v) is 2.37. The highest BCUT2D eigenvalue weighted by molar-refractivity contribution is 14.1. The predicted molar refractivity (Wildman–Crippen MR) is 77.3 cm³/mol. The summed E-state index contributed by atoms with van der Waals surface area (Å²) in [6, 6.07) is 8.26. The van der Waals surface area contributed by atoms with E-state index in [1.807, 2.05) is 7.05 Å². The van der Waals surface area contributed by atoms with Crippen molar-refractivity contribution >= 4 is 44.7 Å². The zero-order valence-electron chi connectivity index (χ0n) is 8.83. The van der Waals surface area contributed by atoms with Crippen LogP contribution in [0, 0.1) is 3.57 Å². The minimum Gasteiger partial charge on any atom is -0.332 e. The number of anilines is 2. The fraction of sp³-hybridized carbons (Fsp3) is 0.182. The van der Waals surface area contributed by atoms with Crippen molar-refractivity contribution in [2.75, 3.05) is 12.4 Å². The van der Waals surface area contributed by atoms with Crippen LogP contribution in [-0.4, -0.2) is 12.0 Å². The van der Waals surface area contributed by atoms with Crippen LogP contribution in [0.3, 0.4) is 0 Å². The van der Waals surface area contributed by atoms with Gasteiger partial charge in [0.1, 0.15) is 0 Å². The van der Waals surface area contributed by atoms with Gasteiger partial charge in [-0.15, -0.1) is 11.3 Å². The van der Waals surface area contributed by atoms with Crippen molar-refractivity contribution in [3.8, 4) is 0 Å². The summed E-state index contributed by atoms with van der Waals surface area (Å²) in [5, 5.41) is 9.37. The van der Waals surface area contributed by atoms with Crippen LogP contribution in [0.2, 0.25) is 0 Å². The van der Waals surface area contributed by atoms with Gasteiger partial charge in [0.2, 0.25) is 0 Å². The summed E-state index contributed by atoms with van der Waals surface area (Å²) in [5.41, 5.74) is 2.14. The second kappa shape index (κ2) is 5.60. The Bertz CT molecular complexity index is 453. The standard InChI is InChI=1S/C11H12IN3S/c1-13-6-10-7-16-11(15-10)14-9-4-2-8(12)3-5-9/h2-5,7,13H,6H2,1H3,(H,14,15). The zero-order chi connectivity index (χ0) is 11.4. The summed E-state index contributed by atoms with van der Waals surface area (Å²) in [5.74, 6) is 0. The third kappa shape index (κ3) is 3.16. The predicted octanol–water partition coefficient (Wildman–Crippen LogP) is 3.21. The number of thiazole rings is 1. The van der Waals surface area contributed by atoms with Gasteiger partial charge in [-0.2, -0.15) is 0 Å². The van der Waals surface area contributed by atoms with Gasteiger partial charge < -0.3 is 10.6 Å². The third-order valence-corrected chi connectivity index (χ3v) is 3.53. The molecule has 0 aliphatic heterocycles. The lowest BCUT2D eigenvalue weighted by Crippen LogP contribution is -2.05. The summed E-state index contributed by atoms with van der Waals surface area (Å²) in [4.78, 5) is 4.46. The average molecular weight is 345 g/mol. The zero-order valence-corrected chi connectivity index (χ0v) is 11.8. The van der Waals surface area contributed by atoms with Crippen LogP contribution >= 0.6 is 33.9 Å². The molecule has 2 aromatic rings. The molecule has 0 atom stereocenters. The number of halogens is 1. The molecule has 0 amide bonds. The average Bonchev–Trinajstić information content (AvgIpc) is 2.70. The number of hydrogen-bond acceptors (Lipinski definition) is 4. The number of benzene rings is 1. The van der Waals surface area contributed by atoms with Gasteiger partial charge in [-0.25, -0.2) is 4.98 Å². The van der Waals surface area contributed by atoms with Crippen molar-refractivity contribution in [2.45, 2.75) is 6.54 Å². The molecular weight excluding hydrogens is 333 g/mol. The Kier molecular flexibility index (Phi) is 4.14. The molecule has 16 heavy (non-hydrogen) atoms. The Morgan fingerprint density at radius 3 is 2.75 bits per heavy atom. The normalized spacial score (nSPS) is 10.4. The maximum atomic E-state index is 4.46. The summed E-state index contributed by atoms with van der Waals surface area (Å²) in [6.45, 7) is 0.810. The van der Waals surface area contributed by atoms with E-state index in [9.17, 15) is 0 Å². The molecule has 0 saturated carbocycles. The van der Waals surface area contributed by atoms with Crippen molar-refractivity contribution in [3.63, 3.8) is 0 Å². The van der Waals surface area contributed by atoms with Gasteiger partial charge in [0.15, 0.2) is 5.13 Å². The van der Waals surface area contributed by atoms with Gasteiger partial charge in [0, 0.05) is 21.2 Å². The Morgan fingerprint density at radius 1 is 1.31 bits per heavy atom. The second-order valence-electron chi connectivity index (χ2n) is 3.31. The molecule has 0 spiro atoms. The molecule has 1 heterocycles. The fourth-order valence-electron chi connectivity index (χ4n) is 1.28. The van der Waals surface area contributed by atoms with Crippen molar-refractivity contribution in [1.82, 2.24) is 10.3 Å². The molecule has 0 radical (unpaired) electrons. The van der Waals surface area contributed by atoms with Crippen LogP contribution in [0.5, 0.6) is 0 Å². The maximum absolute atomic E-state index is 4.46. The van der Waals surface area contributed by atoms with Gasteiger partial charge >= 0.3 is 0 Å². The van der Waals surface area contributed by atoms with Crippen LogP contribution in [0.1, 0.15) is 5.69 Å². The number of nitrogens with zero attached hydrogens (tertiary/aromatic N) is 1. The molecule has 0 aliphatic carbocycles. The Morgan fingerprint density at radius 2 is 2.06 bits per heavy atom. The lowest BCUT2D eigenvalue weighted by Gasteiger charge is -2.01. The summed E-state index contributed by atoms with van der Waals surface area (Å²) < 4.78 is 1.23. The molecule has 5 heteroatoms. The Labute approximate surface area is 112 Å². The second-order valence-corrected chi connectivity index (χ2v) is 5.41. The van der Waals surface area contributed by atoms with Gasteiger partial charge in [-0.05, 0) is 53.9 Å². The highest BCUT2D eigenvalue weighted by Gasteiger charge is 2.01. The number of rotatable bonds is 4. The van der Waals surface area contributed by atoms with Gasteiger partial charge in [0.25, 0.3) is 0 Å². The van der Waals surface area contributed by atoms with Crippen molar-refractivity contribution < 1.29 is 0 Å². The third-order valence-electron chi connectivity index (χ3n) is 2.01. The van der Waals surface area contributed by atoms with Crippen LogP contribution < -0.4 is 10.6 Å². The molecule has 2 N–H and O–H groups in total. The Hall–Kier alpha value is -0.660. The molecular formula is C11H12IN3S. The smallest absolute Gasteiger partial charge is 0.187 e. The molecule has 84 valence electrons. The van der Waals surface area contributed by atoms with E-state index in [-0.39, 0.29) is 0 Å². The van der Waals surface area contributed by atoms with Crippen LogP contribution in [-0.2, 0) is 6.54 Å². The van der Waals surface area contributed by atoms with Crippen molar-refractivity contribution in [1.29, 1.82) is 0 Å². The van der Waals surface area contributed by atoms with E-state index in [4.69, 9.17) is 0 Å². The largest absolute Gasteiger partial charge is 0.332 e. The van der Waals surface area contributed by atoms with Gasteiger partial charge in [-0.3, -0.25) is 0 Å². The molecule has 0 aliphatic rings. The van der Waals surface area contributed by atoms with Gasteiger partial charge in [0.05, 0.1) is 5.69 Å². The summed E-state index contributed by atoms with van der Waals surface area (Å²) >= 11 is 3.92. The molecule has 0 unspecified atom stereocenters. The monoisotopic (exact) mass is 345 g/mol. The molecule has 1 aromatic heterocycles. The van der Waals surface area contributed by atoms with E-state index in [2.05, 4.69) is 67.9 Å². The van der Waals surface area contributed by atoms with Crippen molar-refractivity contribution in [3.05, 3.63) is 38.9 Å². The van der Waals surface area contributed by atoms with Crippen LogP contribution in [0.15, 0.2) is 29.6 Å². The minimum absolute atomic E-state index is 0.810. The lowest BCUT2D eigenvalue weighted by atomic mass is 10.3. The number of hydrogen-bond donors (Lipinski definition) is 2. The lowest BCUT2D eigenvalue weighted by molar-refractivity contribution is 0.798. The van der Waals surface area contributed by atoms with E-state index >= 15 is 0 Å². The van der Waals surface area contributed by atoms with Gasteiger partial charge in [-0.1, -0.05) is 0 Å². The first-order valence-corrected chi connectivity index (χ1v) is 6.85. The molecule has 0 saturated heterocycles. The SMILES string of the molecule is CNCc1csc(Nc2ccc(I)cc2)n1. The van der Waals surface area contributed by atoms with Crippen LogP contribution in [0.25, 0.3) is 0 Å². The van der Waals surface area contributed by atoms with E-state index in [0.29, 0.717) is 0 Å². The highest BCUT2D eigenvalue weighted by Crippen LogP contribution is 2.21. The molecule has 2 rings (SSSR count). The summed E-state index contributed by atoms with van der Waals surface area (Å²) in [6.07, 6.45) is 0. The first kappa shape index (κ1) is 11.8. The number of aromatic nitrogens is 1. The molecule has 0 fully saturated rings. The van der Waals surface area contributed by atoms with Crippen molar-refractivity contribution in [2.24, 2.45) is 0 Å². The number of nitrogens with one attached hydrogen (secondary N) is 2. The molecule has 3 nitrogen and oxygen atoms in total. The quantitative estimate of drug-likeness (QED) is 0.836. The van der Waals surface area contributed by atoms with E-state index in [0.717, 1.165) is 23.1 Å². The Balaban J connectivity index is 2.05. The first-order chi connectivity index (χ1) is 7.78. The molecule has 0 bridgehead atoms. The first-order valence-electron chi connectivity index (χ1n) is 4.89. The minimum atomic E-state index is 0.810. The van der Waals surface area contributed by atoms with Crippen LogP contribution in [0.4, 0.5) is 10.8 Å².